The lowest BCUT2D eigenvalue weighted by Gasteiger charge is -2.21. The summed E-state index contributed by atoms with van der Waals surface area (Å²) in [6, 6.07) is 5.53. The molecule has 1 atom stereocenters. The molecule has 1 amide bonds. The number of ether oxygens (including phenoxy) is 2. The van der Waals surface area contributed by atoms with Gasteiger partial charge in [0.15, 0.2) is 21.3 Å². The van der Waals surface area contributed by atoms with Crippen LogP contribution in [-0.2, 0) is 21.2 Å². The van der Waals surface area contributed by atoms with Crippen molar-refractivity contribution < 1.29 is 22.7 Å². The minimum atomic E-state index is -3.04. The van der Waals surface area contributed by atoms with Gasteiger partial charge in [0.25, 0.3) is 0 Å². The zero-order valence-corrected chi connectivity index (χ0v) is 12.3. The lowest BCUT2D eigenvalue weighted by atomic mass is 10.1. The van der Waals surface area contributed by atoms with Crippen LogP contribution in [0.3, 0.4) is 0 Å². The van der Waals surface area contributed by atoms with Crippen LogP contribution >= 0.6 is 0 Å². The molecule has 7 heteroatoms. The molecular formula is C14H17NO5S. The first kappa shape index (κ1) is 14.2. The third-order valence-electron chi connectivity index (χ3n) is 3.70. The lowest BCUT2D eigenvalue weighted by molar-refractivity contribution is -0.124. The molecule has 0 aliphatic carbocycles. The van der Waals surface area contributed by atoms with E-state index in [1.807, 2.05) is 18.2 Å². The molecule has 1 aromatic carbocycles. The van der Waals surface area contributed by atoms with Crippen molar-refractivity contribution in [3.63, 3.8) is 0 Å². The highest BCUT2D eigenvalue weighted by molar-refractivity contribution is 7.91. The van der Waals surface area contributed by atoms with Crippen LogP contribution in [0, 0.1) is 5.92 Å². The van der Waals surface area contributed by atoms with E-state index < -0.39 is 15.8 Å². The number of nitrogens with one attached hydrogen (secondary N) is 1. The van der Waals surface area contributed by atoms with Gasteiger partial charge in [-0.05, 0) is 12.5 Å². The van der Waals surface area contributed by atoms with Gasteiger partial charge in [0.05, 0.1) is 17.4 Å². The molecule has 1 fully saturated rings. The summed E-state index contributed by atoms with van der Waals surface area (Å²) in [5, 5.41) is 2.79. The van der Waals surface area contributed by atoms with E-state index in [-0.39, 0.29) is 17.4 Å². The van der Waals surface area contributed by atoms with Gasteiger partial charge in [-0.3, -0.25) is 4.79 Å². The molecule has 114 valence electrons. The Morgan fingerprint density at radius 2 is 2.10 bits per heavy atom. The molecule has 0 unspecified atom stereocenters. The molecule has 3 rings (SSSR count). The highest BCUT2D eigenvalue weighted by Gasteiger charge is 2.32. The molecule has 0 radical (unpaired) electrons. The second-order valence-electron chi connectivity index (χ2n) is 5.26. The highest BCUT2D eigenvalue weighted by atomic mass is 32.2. The number of hydrogen-bond donors (Lipinski definition) is 1. The number of amides is 1. The molecule has 0 spiro atoms. The van der Waals surface area contributed by atoms with E-state index in [2.05, 4.69) is 5.32 Å². The summed E-state index contributed by atoms with van der Waals surface area (Å²) in [6.07, 6.45) is 0.403. The fraction of sp³-hybridized carbons (Fsp3) is 0.500. The van der Waals surface area contributed by atoms with Crippen LogP contribution in [-0.4, -0.2) is 39.0 Å². The first-order valence-corrected chi connectivity index (χ1v) is 8.73. The predicted octanol–water partition coefficient (Wildman–Crippen LogP) is 0.509. The molecule has 1 saturated heterocycles. The normalized spacial score (nSPS) is 22.8. The maximum atomic E-state index is 12.0. The molecule has 2 aliphatic heterocycles. The first-order chi connectivity index (χ1) is 10.1. The number of fused-ring (bicyclic) bond motifs is 1. The molecule has 21 heavy (non-hydrogen) atoms. The average molecular weight is 311 g/mol. The predicted molar refractivity (Wildman–Crippen MR) is 76.0 cm³/mol. The Kier molecular flexibility index (Phi) is 3.75. The maximum absolute atomic E-state index is 12.0. The lowest BCUT2D eigenvalue weighted by Crippen LogP contribution is -2.31. The van der Waals surface area contributed by atoms with E-state index in [1.165, 1.54) is 0 Å². The van der Waals surface area contributed by atoms with Crippen molar-refractivity contribution in [1.82, 2.24) is 5.32 Å². The van der Waals surface area contributed by atoms with Crippen molar-refractivity contribution in [3.8, 4) is 11.5 Å². The Hall–Kier alpha value is -1.76. The van der Waals surface area contributed by atoms with Crippen molar-refractivity contribution in [2.45, 2.75) is 13.0 Å². The Morgan fingerprint density at radius 3 is 2.86 bits per heavy atom. The number of carbonyl (C=O) groups excluding carboxylic acids is 1. The monoisotopic (exact) mass is 311 g/mol. The molecule has 6 nitrogen and oxygen atoms in total. The molecule has 0 bridgehead atoms. The van der Waals surface area contributed by atoms with Gasteiger partial charge in [-0.1, -0.05) is 12.1 Å². The van der Waals surface area contributed by atoms with Crippen molar-refractivity contribution in [2.75, 3.05) is 24.7 Å². The second kappa shape index (κ2) is 5.55. The molecule has 2 aliphatic rings. The SMILES string of the molecule is O=C(NCc1cccc2c1OCCO2)[C@H]1CCS(=O)(=O)C1. The van der Waals surface area contributed by atoms with Gasteiger partial charge in [0.2, 0.25) is 5.91 Å². The largest absolute Gasteiger partial charge is 0.486 e. The van der Waals surface area contributed by atoms with E-state index in [0.29, 0.717) is 37.7 Å². The average Bonchev–Trinajstić information content (AvgIpc) is 2.85. The van der Waals surface area contributed by atoms with Crippen LogP contribution in [0.25, 0.3) is 0 Å². The second-order valence-corrected chi connectivity index (χ2v) is 7.49. The third kappa shape index (κ3) is 3.12. The van der Waals surface area contributed by atoms with Crippen LogP contribution < -0.4 is 14.8 Å². The Balaban J connectivity index is 1.64. The minimum Gasteiger partial charge on any atom is -0.486 e. The zero-order valence-electron chi connectivity index (χ0n) is 11.5. The minimum absolute atomic E-state index is 0.0503. The highest BCUT2D eigenvalue weighted by Crippen LogP contribution is 2.33. The summed E-state index contributed by atoms with van der Waals surface area (Å²) >= 11 is 0. The van der Waals surface area contributed by atoms with Crippen molar-refractivity contribution in [1.29, 1.82) is 0 Å². The van der Waals surface area contributed by atoms with E-state index in [1.54, 1.807) is 0 Å². The summed E-state index contributed by atoms with van der Waals surface area (Å²) in [5.74, 6) is 0.727. The number of para-hydroxylation sites is 1. The quantitative estimate of drug-likeness (QED) is 0.879. The third-order valence-corrected chi connectivity index (χ3v) is 5.47. The number of hydrogen-bond acceptors (Lipinski definition) is 5. The summed E-state index contributed by atoms with van der Waals surface area (Å²) < 4.78 is 33.8. The summed E-state index contributed by atoms with van der Waals surface area (Å²) in [7, 11) is -3.04. The zero-order chi connectivity index (χ0) is 14.9. The van der Waals surface area contributed by atoms with E-state index >= 15 is 0 Å². The van der Waals surface area contributed by atoms with Crippen LogP contribution in [0.1, 0.15) is 12.0 Å². The first-order valence-electron chi connectivity index (χ1n) is 6.91. The molecule has 0 aromatic heterocycles. The molecule has 2 heterocycles. The fourth-order valence-corrected chi connectivity index (χ4v) is 4.34. The van der Waals surface area contributed by atoms with Gasteiger partial charge >= 0.3 is 0 Å². The van der Waals surface area contributed by atoms with Crippen LogP contribution in [0.2, 0.25) is 0 Å². The smallest absolute Gasteiger partial charge is 0.224 e. The molecule has 0 saturated carbocycles. The Morgan fingerprint density at radius 1 is 1.29 bits per heavy atom. The van der Waals surface area contributed by atoms with Gasteiger partial charge in [-0.2, -0.15) is 0 Å². The molecule has 1 N–H and O–H groups in total. The van der Waals surface area contributed by atoms with Gasteiger partial charge < -0.3 is 14.8 Å². The molecular weight excluding hydrogens is 294 g/mol. The van der Waals surface area contributed by atoms with Crippen LogP contribution in [0.4, 0.5) is 0 Å². The van der Waals surface area contributed by atoms with E-state index in [4.69, 9.17) is 9.47 Å². The van der Waals surface area contributed by atoms with Gasteiger partial charge in [0.1, 0.15) is 13.2 Å². The number of sulfone groups is 1. The number of rotatable bonds is 3. The van der Waals surface area contributed by atoms with E-state index in [9.17, 15) is 13.2 Å². The number of carbonyl (C=O) groups is 1. The van der Waals surface area contributed by atoms with Crippen LogP contribution in [0.5, 0.6) is 11.5 Å². The fourth-order valence-electron chi connectivity index (χ4n) is 2.60. The summed E-state index contributed by atoms with van der Waals surface area (Å²) in [5.41, 5.74) is 0.835. The Bertz CT molecular complexity index is 655. The number of benzene rings is 1. The molecule has 1 aromatic rings. The standard InChI is InChI=1S/C14H17NO5S/c16-14(11-4-7-21(17,18)9-11)15-8-10-2-1-3-12-13(10)20-6-5-19-12/h1-3,11H,4-9H2,(H,15,16)/t11-/m0/s1. The van der Waals surface area contributed by atoms with Crippen LogP contribution in [0.15, 0.2) is 18.2 Å². The van der Waals surface area contributed by atoms with Gasteiger partial charge in [0, 0.05) is 12.1 Å². The topological polar surface area (TPSA) is 81.7 Å². The van der Waals surface area contributed by atoms with Gasteiger partial charge in [-0.15, -0.1) is 0 Å². The van der Waals surface area contributed by atoms with Gasteiger partial charge in [-0.25, -0.2) is 8.42 Å². The Labute approximate surface area is 123 Å². The maximum Gasteiger partial charge on any atom is 0.224 e. The van der Waals surface area contributed by atoms with Crippen molar-refractivity contribution in [3.05, 3.63) is 23.8 Å². The summed E-state index contributed by atoms with van der Waals surface area (Å²) in [4.78, 5) is 12.0. The van der Waals surface area contributed by atoms with Crippen molar-refractivity contribution >= 4 is 15.7 Å². The van der Waals surface area contributed by atoms with Crippen molar-refractivity contribution in [2.24, 2.45) is 5.92 Å². The summed E-state index contributed by atoms with van der Waals surface area (Å²) in [6.45, 7) is 1.31. The van der Waals surface area contributed by atoms with E-state index in [0.717, 1.165) is 5.56 Å².